The van der Waals surface area contributed by atoms with Crippen LogP contribution in [-0.4, -0.2) is 51.4 Å². The zero-order chi connectivity index (χ0) is 22.4. The fourth-order valence-electron chi connectivity index (χ4n) is 4.79. The van der Waals surface area contributed by atoms with Gasteiger partial charge in [-0.25, -0.2) is 14.4 Å². The Morgan fingerprint density at radius 1 is 1.06 bits per heavy atom. The molecule has 2 aliphatic heterocycles. The van der Waals surface area contributed by atoms with Gasteiger partial charge >= 0.3 is 0 Å². The van der Waals surface area contributed by atoms with Crippen LogP contribution in [0.3, 0.4) is 0 Å². The maximum Gasteiger partial charge on any atom is 0.257 e. The van der Waals surface area contributed by atoms with Crippen LogP contribution in [0.4, 0.5) is 10.3 Å². The van der Waals surface area contributed by atoms with Gasteiger partial charge in [-0.15, -0.1) is 0 Å². The van der Waals surface area contributed by atoms with Crippen molar-refractivity contribution >= 4 is 11.9 Å². The number of carbonyl (C=O) groups is 1. The molecular formula is C25H26FN5O. The average molecular weight is 432 g/mol. The minimum Gasteiger partial charge on any atom is -0.336 e. The quantitative estimate of drug-likeness (QED) is 0.628. The van der Waals surface area contributed by atoms with Crippen molar-refractivity contribution in [3.63, 3.8) is 0 Å². The van der Waals surface area contributed by atoms with Crippen LogP contribution < -0.4 is 4.90 Å². The predicted molar refractivity (Wildman–Crippen MR) is 121 cm³/mol. The first-order valence-electron chi connectivity index (χ1n) is 11.0. The number of likely N-dealkylation sites (tertiary alicyclic amines) is 1. The summed E-state index contributed by atoms with van der Waals surface area (Å²) < 4.78 is 14.9. The van der Waals surface area contributed by atoms with E-state index in [1.807, 2.05) is 39.0 Å². The van der Waals surface area contributed by atoms with Gasteiger partial charge in [-0.1, -0.05) is 18.2 Å². The molecule has 0 N–H and O–H groups in total. The number of aryl methyl sites for hydroxylation is 3. The molecular weight excluding hydrogens is 405 g/mol. The Morgan fingerprint density at radius 3 is 2.56 bits per heavy atom. The number of pyridine rings is 1. The molecule has 32 heavy (non-hydrogen) atoms. The maximum absolute atomic E-state index is 14.9. The molecule has 2 atom stereocenters. The van der Waals surface area contributed by atoms with Gasteiger partial charge in [-0.05, 0) is 51.0 Å². The number of hydrogen-bond acceptors (Lipinski definition) is 5. The second kappa shape index (κ2) is 7.97. The lowest BCUT2D eigenvalue weighted by Gasteiger charge is -2.53. The molecule has 7 heteroatoms. The fourth-order valence-corrected chi connectivity index (χ4v) is 4.79. The fraction of sp³-hybridized carbons (Fsp3) is 0.360. The largest absolute Gasteiger partial charge is 0.336 e. The molecule has 0 saturated carbocycles. The molecule has 2 aromatic heterocycles. The highest BCUT2D eigenvalue weighted by Crippen LogP contribution is 2.36. The van der Waals surface area contributed by atoms with Crippen LogP contribution in [0, 0.1) is 32.5 Å². The van der Waals surface area contributed by atoms with E-state index in [-0.39, 0.29) is 17.5 Å². The number of carbonyl (C=O) groups excluding carboxylic acids is 1. The topological polar surface area (TPSA) is 62.2 Å². The number of hydrogen-bond donors (Lipinski definition) is 0. The number of benzene rings is 1. The number of fused-ring (bicyclic) bond motifs is 1. The van der Waals surface area contributed by atoms with E-state index in [0.29, 0.717) is 36.2 Å². The summed E-state index contributed by atoms with van der Waals surface area (Å²) in [6, 6.07) is 10.6. The molecule has 2 aliphatic rings. The molecule has 1 amide bonds. The van der Waals surface area contributed by atoms with Gasteiger partial charge in [0.05, 0.1) is 17.3 Å². The zero-order valence-corrected chi connectivity index (χ0v) is 18.5. The summed E-state index contributed by atoms with van der Waals surface area (Å²) in [5.74, 6) is 0.419. The van der Waals surface area contributed by atoms with Gasteiger partial charge in [0.15, 0.2) is 0 Å². The third kappa shape index (κ3) is 3.61. The van der Waals surface area contributed by atoms with Crippen LogP contribution in [0.15, 0.2) is 42.6 Å². The number of aromatic nitrogens is 3. The molecule has 5 rings (SSSR count). The highest BCUT2D eigenvalue weighted by atomic mass is 19.1. The van der Waals surface area contributed by atoms with E-state index >= 15 is 0 Å². The van der Waals surface area contributed by atoms with Gasteiger partial charge in [0.2, 0.25) is 5.95 Å². The van der Waals surface area contributed by atoms with Crippen LogP contribution >= 0.6 is 0 Å². The minimum absolute atomic E-state index is 0.0934. The molecule has 2 saturated heterocycles. The first kappa shape index (κ1) is 20.5. The highest BCUT2D eigenvalue weighted by Gasteiger charge is 2.45. The Kier molecular flexibility index (Phi) is 5.12. The Balaban J connectivity index is 1.42. The molecule has 2 unspecified atom stereocenters. The summed E-state index contributed by atoms with van der Waals surface area (Å²) in [6.45, 7) is 7.93. The molecule has 0 bridgehead atoms. The number of anilines is 1. The summed E-state index contributed by atoms with van der Waals surface area (Å²) >= 11 is 0. The molecule has 0 aliphatic carbocycles. The van der Waals surface area contributed by atoms with Crippen molar-refractivity contribution in [1.29, 1.82) is 0 Å². The van der Waals surface area contributed by atoms with Crippen LogP contribution in [-0.2, 0) is 0 Å². The molecule has 3 aromatic rings. The molecule has 0 spiro atoms. The van der Waals surface area contributed by atoms with Gasteiger partial charge in [0.1, 0.15) is 5.82 Å². The number of halogens is 1. The van der Waals surface area contributed by atoms with Crippen LogP contribution in [0.1, 0.15) is 33.7 Å². The summed E-state index contributed by atoms with van der Waals surface area (Å²) in [4.78, 5) is 31.1. The predicted octanol–water partition coefficient (Wildman–Crippen LogP) is 3.95. The first-order chi connectivity index (χ1) is 15.4. The van der Waals surface area contributed by atoms with E-state index in [9.17, 15) is 9.18 Å². The van der Waals surface area contributed by atoms with E-state index in [4.69, 9.17) is 0 Å². The molecule has 164 valence electrons. The highest BCUT2D eigenvalue weighted by molar-refractivity contribution is 6.01. The SMILES string of the molecule is Cc1ccc(-c2cccc(F)c2C(=O)N2CCC3CN(c4nc(C)cc(C)n4)C3C2)nc1. The summed E-state index contributed by atoms with van der Waals surface area (Å²) in [6.07, 6.45) is 2.63. The lowest BCUT2D eigenvalue weighted by atomic mass is 9.82. The van der Waals surface area contributed by atoms with E-state index in [2.05, 4.69) is 19.9 Å². The van der Waals surface area contributed by atoms with Crippen molar-refractivity contribution in [2.45, 2.75) is 33.2 Å². The van der Waals surface area contributed by atoms with Crippen molar-refractivity contribution in [2.75, 3.05) is 24.5 Å². The number of rotatable bonds is 3. The van der Waals surface area contributed by atoms with Crippen LogP contribution in [0.2, 0.25) is 0 Å². The lowest BCUT2D eigenvalue weighted by molar-refractivity contribution is 0.0585. The van der Waals surface area contributed by atoms with E-state index in [0.717, 1.165) is 29.9 Å². The third-order valence-electron chi connectivity index (χ3n) is 6.48. The first-order valence-corrected chi connectivity index (χ1v) is 11.0. The summed E-state index contributed by atoms with van der Waals surface area (Å²) in [7, 11) is 0. The number of amides is 1. The van der Waals surface area contributed by atoms with Crippen molar-refractivity contribution in [3.05, 3.63) is 70.9 Å². The molecule has 1 aromatic carbocycles. The van der Waals surface area contributed by atoms with Crippen molar-refractivity contribution < 1.29 is 9.18 Å². The smallest absolute Gasteiger partial charge is 0.257 e. The molecule has 2 fully saturated rings. The number of piperidine rings is 1. The zero-order valence-electron chi connectivity index (χ0n) is 18.5. The summed E-state index contributed by atoms with van der Waals surface area (Å²) in [5.41, 5.74) is 4.10. The Hall–Kier alpha value is -3.35. The van der Waals surface area contributed by atoms with Gasteiger partial charge in [-0.3, -0.25) is 9.78 Å². The second-order valence-electron chi connectivity index (χ2n) is 8.85. The molecule has 6 nitrogen and oxygen atoms in total. The van der Waals surface area contributed by atoms with Crippen LogP contribution in [0.5, 0.6) is 0 Å². The standard InChI is InChI=1S/C25H26FN5O/c1-15-7-8-21(27-12-15)19-5-4-6-20(26)23(19)24(32)30-10-9-18-13-31(22(18)14-30)25-28-16(2)11-17(3)29-25/h4-8,11-12,18,22H,9-10,13-14H2,1-3H3. The lowest BCUT2D eigenvalue weighted by Crippen LogP contribution is -2.65. The molecule has 4 heterocycles. The average Bonchev–Trinajstić information content (AvgIpc) is 2.74. The Labute approximate surface area is 187 Å². The van der Waals surface area contributed by atoms with Gasteiger partial charge < -0.3 is 9.80 Å². The van der Waals surface area contributed by atoms with Gasteiger partial charge in [-0.2, -0.15) is 0 Å². The van der Waals surface area contributed by atoms with Crippen molar-refractivity contribution in [2.24, 2.45) is 5.92 Å². The summed E-state index contributed by atoms with van der Waals surface area (Å²) in [5, 5.41) is 0. The normalized spacial score (nSPS) is 20.0. The van der Waals surface area contributed by atoms with E-state index < -0.39 is 5.82 Å². The number of nitrogens with zero attached hydrogens (tertiary/aromatic N) is 5. The van der Waals surface area contributed by atoms with Gasteiger partial charge in [0.25, 0.3) is 5.91 Å². The van der Waals surface area contributed by atoms with Crippen molar-refractivity contribution in [3.8, 4) is 11.3 Å². The van der Waals surface area contributed by atoms with Crippen molar-refractivity contribution in [1.82, 2.24) is 19.9 Å². The van der Waals surface area contributed by atoms with E-state index in [1.54, 1.807) is 23.2 Å². The monoisotopic (exact) mass is 431 g/mol. The molecule has 0 radical (unpaired) electrons. The van der Waals surface area contributed by atoms with Gasteiger partial charge in [0, 0.05) is 48.7 Å². The Morgan fingerprint density at radius 2 is 1.84 bits per heavy atom. The third-order valence-corrected chi connectivity index (χ3v) is 6.48. The maximum atomic E-state index is 14.9. The van der Waals surface area contributed by atoms with E-state index in [1.165, 1.54) is 6.07 Å². The second-order valence-corrected chi connectivity index (χ2v) is 8.85. The Bertz CT molecular complexity index is 1160. The minimum atomic E-state index is -0.514. The van der Waals surface area contributed by atoms with Crippen LogP contribution in [0.25, 0.3) is 11.3 Å².